The summed E-state index contributed by atoms with van der Waals surface area (Å²) in [5, 5.41) is 2.50. The van der Waals surface area contributed by atoms with Gasteiger partial charge in [-0.25, -0.2) is 13.6 Å². The van der Waals surface area contributed by atoms with Crippen LogP contribution >= 0.6 is 0 Å². The van der Waals surface area contributed by atoms with Crippen LogP contribution in [-0.2, 0) is 9.53 Å². The van der Waals surface area contributed by atoms with Gasteiger partial charge >= 0.3 is 6.09 Å². The van der Waals surface area contributed by atoms with Gasteiger partial charge < -0.3 is 15.8 Å². The number of piperidine rings is 1. The van der Waals surface area contributed by atoms with Crippen LogP contribution in [0.5, 0.6) is 0 Å². The van der Waals surface area contributed by atoms with Crippen molar-refractivity contribution in [3.63, 3.8) is 0 Å². The normalized spacial score (nSPS) is 22.7. The average Bonchev–Trinajstić information content (AvgIpc) is 2.31. The third-order valence-corrected chi connectivity index (χ3v) is 2.98. The van der Waals surface area contributed by atoms with Crippen molar-refractivity contribution in [2.24, 2.45) is 5.73 Å². The minimum atomic E-state index is -1.01. The van der Waals surface area contributed by atoms with E-state index in [4.69, 9.17) is 10.5 Å². The topological polar surface area (TPSA) is 81.4 Å². The van der Waals surface area contributed by atoms with E-state index in [0.29, 0.717) is 0 Å². The summed E-state index contributed by atoms with van der Waals surface area (Å²) < 4.78 is 31.5. The maximum absolute atomic E-state index is 13.7. The van der Waals surface area contributed by atoms with Crippen molar-refractivity contribution in [1.29, 1.82) is 0 Å². The first-order valence-corrected chi connectivity index (χ1v) is 5.65. The van der Waals surface area contributed by atoms with E-state index < -0.39 is 29.7 Å². The molecular formula is C12H12F2N2O3. The lowest BCUT2D eigenvalue weighted by molar-refractivity contribution is -0.124. The summed E-state index contributed by atoms with van der Waals surface area (Å²) in [6.07, 6.45) is -1.83. The van der Waals surface area contributed by atoms with Crippen LogP contribution < -0.4 is 11.1 Å². The van der Waals surface area contributed by atoms with Crippen LogP contribution in [0.15, 0.2) is 18.2 Å². The van der Waals surface area contributed by atoms with Crippen molar-refractivity contribution < 1.29 is 23.1 Å². The highest BCUT2D eigenvalue weighted by atomic mass is 19.1. The maximum atomic E-state index is 13.7. The summed E-state index contributed by atoms with van der Waals surface area (Å²) in [7, 11) is 0. The molecule has 1 aromatic rings. The first kappa shape index (κ1) is 13.3. The van der Waals surface area contributed by atoms with E-state index in [2.05, 4.69) is 5.32 Å². The number of carbonyl (C=O) groups is 2. The monoisotopic (exact) mass is 270 g/mol. The second-order valence-corrected chi connectivity index (χ2v) is 4.26. The molecule has 0 saturated carbocycles. The van der Waals surface area contributed by atoms with E-state index in [1.807, 2.05) is 0 Å². The molecule has 0 aromatic heterocycles. The SMILES string of the molecule is NC(=O)OC1CNC(=O)CC1c1ccc(F)cc1F. The predicted octanol–water partition coefficient (Wildman–Crippen LogP) is 1.03. The lowest BCUT2D eigenvalue weighted by Crippen LogP contribution is -2.46. The Morgan fingerprint density at radius 2 is 2.16 bits per heavy atom. The van der Waals surface area contributed by atoms with Gasteiger partial charge in [0.1, 0.15) is 17.7 Å². The molecule has 1 aromatic carbocycles. The average molecular weight is 270 g/mol. The van der Waals surface area contributed by atoms with Crippen molar-refractivity contribution in [3.8, 4) is 0 Å². The molecule has 7 heteroatoms. The fourth-order valence-electron chi connectivity index (χ4n) is 2.15. The van der Waals surface area contributed by atoms with Crippen molar-refractivity contribution in [3.05, 3.63) is 35.4 Å². The zero-order valence-corrected chi connectivity index (χ0v) is 9.86. The first-order valence-electron chi connectivity index (χ1n) is 5.65. The Morgan fingerprint density at radius 1 is 1.42 bits per heavy atom. The molecule has 0 spiro atoms. The van der Waals surface area contributed by atoms with Gasteiger partial charge in [0.05, 0.1) is 6.54 Å². The number of carbonyl (C=O) groups excluding carboxylic acids is 2. The third kappa shape index (κ3) is 2.98. The van der Waals surface area contributed by atoms with Crippen LogP contribution in [0, 0.1) is 11.6 Å². The Bertz CT molecular complexity index is 522. The summed E-state index contributed by atoms with van der Waals surface area (Å²) in [5.74, 6) is -2.47. The van der Waals surface area contributed by atoms with Crippen LogP contribution in [0.1, 0.15) is 17.9 Å². The molecule has 1 aliphatic rings. The first-order chi connectivity index (χ1) is 8.97. The summed E-state index contributed by atoms with van der Waals surface area (Å²) in [5.41, 5.74) is 5.06. The van der Waals surface area contributed by atoms with Gasteiger partial charge in [0.25, 0.3) is 0 Å². The number of halogens is 2. The van der Waals surface area contributed by atoms with Crippen molar-refractivity contribution in [2.45, 2.75) is 18.4 Å². The number of ether oxygens (including phenoxy) is 1. The van der Waals surface area contributed by atoms with Crippen LogP contribution in [0.25, 0.3) is 0 Å². The van der Waals surface area contributed by atoms with E-state index in [9.17, 15) is 18.4 Å². The molecule has 2 atom stereocenters. The molecule has 19 heavy (non-hydrogen) atoms. The number of amides is 2. The van der Waals surface area contributed by atoms with E-state index in [0.717, 1.165) is 12.1 Å². The third-order valence-electron chi connectivity index (χ3n) is 2.98. The molecule has 1 aliphatic heterocycles. The molecule has 0 radical (unpaired) electrons. The molecule has 2 amide bonds. The molecule has 102 valence electrons. The van der Waals surface area contributed by atoms with Crippen LogP contribution in [-0.4, -0.2) is 24.6 Å². The Kier molecular flexibility index (Phi) is 3.64. The number of nitrogens with two attached hydrogens (primary N) is 1. The highest BCUT2D eigenvalue weighted by molar-refractivity contribution is 5.78. The predicted molar refractivity (Wildman–Crippen MR) is 61.2 cm³/mol. The van der Waals surface area contributed by atoms with Crippen molar-refractivity contribution in [1.82, 2.24) is 5.32 Å². The lowest BCUT2D eigenvalue weighted by atomic mass is 9.87. The maximum Gasteiger partial charge on any atom is 0.404 e. The van der Waals surface area contributed by atoms with Gasteiger partial charge in [-0.15, -0.1) is 0 Å². The van der Waals surface area contributed by atoms with Gasteiger partial charge in [0.2, 0.25) is 5.91 Å². The lowest BCUT2D eigenvalue weighted by Gasteiger charge is -2.31. The Hall–Kier alpha value is -2.18. The number of nitrogens with one attached hydrogen (secondary N) is 1. The van der Waals surface area contributed by atoms with Crippen LogP contribution in [0.3, 0.4) is 0 Å². The minimum Gasteiger partial charge on any atom is -0.444 e. The van der Waals surface area contributed by atoms with Gasteiger partial charge in [-0.3, -0.25) is 4.79 Å². The summed E-state index contributed by atoms with van der Waals surface area (Å²) in [4.78, 5) is 22.2. The van der Waals surface area contributed by atoms with Gasteiger partial charge in [0, 0.05) is 18.4 Å². The second kappa shape index (κ2) is 5.21. The van der Waals surface area contributed by atoms with E-state index >= 15 is 0 Å². The Balaban J connectivity index is 2.30. The number of benzene rings is 1. The zero-order chi connectivity index (χ0) is 14.0. The molecule has 0 bridgehead atoms. The highest BCUT2D eigenvalue weighted by Crippen LogP contribution is 2.30. The molecule has 2 unspecified atom stereocenters. The number of hydrogen-bond acceptors (Lipinski definition) is 3. The van der Waals surface area contributed by atoms with Crippen LogP contribution in [0.4, 0.5) is 13.6 Å². The van der Waals surface area contributed by atoms with Crippen molar-refractivity contribution in [2.75, 3.05) is 6.54 Å². The molecule has 1 saturated heterocycles. The largest absolute Gasteiger partial charge is 0.444 e. The number of rotatable bonds is 2. The second-order valence-electron chi connectivity index (χ2n) is 4.26. The molecular weight excluding hydrogens is 258 g/mol. The quantitative estimate of drug-likeness (QED) is 0.842. The van der Waals surface area contributed by atoms with Gasteiger partial charge in [-0.1, -0.05) is 6.07 Å². The van der Waals surface area contributed by atoms with Crippen molar-refractivity contribution >= 4 is 12.0 Å². The fourth-order valence-corrected chi connectivity index (χ4v) is 2.15. The summed E-state index contributed by atoms with van der Waals surface area (Å²) >= 11 is 0. The Morgan fingerprint density at radius 3 is 2.79 bits per heavy atom. The number of primary amides is 1. The molecule has 1 fully saturated rings. The zero-order valence-electron chi connectivity index (χ0n) is 9.86. The number of hydrogen-bond donors (Lipinski definition) is 2. The van der Waals surface area contributed by atoms with Gasteiger partial charge in [0.15, 0.2) is 0 Å². The van der Waals surface area contributed by atoms with Gasteiger partial charge in [-0.05, 0) is 11.6 Å². The molecule has 0 aliphatic carbocycles. The molecule has 1 heterocycles. The van der Waals surface area contributed by atoms with Crippen LogP contribution in [0.2, 0.25) is 0 Å². The molecule has 2 rings (SSSR count). The smallest absolute Gasteiger partial charge is 0.404 e. The standard InChI is InChI=1S/C12H12F2N2O3/c13-6-1-2-7(9(14)3-6)8-4-11(17)16-5-10(8)19-12(15)18/h1-3,8,10H,4-5H2,(H2,15,18)(H,16,17). The van der Waals surface area contributed by atoms with Gasteiger partial charge in [-0.2, -0.15) is 0 Å². The van der Waals surface area contributed by atoms with E-state index in [-0.39, 0.29) is 24.4 Å². The summed E-state index contributed by atoms with van der Waals surface area (Å²) in [6.45, 7) is 0.0449. The highest BCUT2D eigenvalue weighted by Gasteiger charge is 2.34. The van der Waals surface area contributed by atoms with E-state index in [1.54, 1.807) is 0 Å². The molecule has 3 N–H and O–H groups in total. The fraction of sp³-hybridized carbons (Fsp3) is 0.333. The van der Waals surface area contributed by atoms with E-state index in [1.165, 1.54) is 6.07 Å². The summed E-state index contributed by atoms with van der Waals surface area (Å²) in [6, 6.07) is 3.06. The minimum absolute atomic E-state index is 0.0449. The Labute approximate surface area is 107 Å². The molecule has 5 nitrogen and oxygen atoms in total.